The molecule has 1 rings (SSSR count). The molecule has 0 fully saturated rings. The summed E-state index contributed by atoms with van der Waals surface area (Å²) < 4.78 is 10.8. The lowest BCUT2D eigenvalue weighted by molar-refractivity contribution is -0.122. The van der Waals surface area contributed by atoms with Crippen LogP contribution >= 0.6 is 12.4 Å². The second-order valence-electron chi connectivity index (χ2n) is 4.14. The highest BCUT2D eigenvalue weighted by atomic mass is 35.5. The van der Waals surface area contributed by atoms with E-state index >= 15 is 0 Å². The largest absolute Gasteiger partial charge is 0.497 e. The minimum atomic E-state index is -0.506. The standard InChI is InChI=1S/C13H20N2O3.ClH/c1-9(8-15-13(16)10(2)14)18-12-6-4-5-11(7-12)17-3;/h4-7,9-10H,8,14H2,1-3H3,(H,15,16);1H/t9?,10-;/m1./s1. The van der Waals surface area contributed by atoms with Gasteiger partial charge in [-0.1, -0.05) is 6.07 Å². The number of carbonyl (C=O) groups is 1. The van der Waals surface area contributed by atoms with Crippen molar-refractivity contribution in [3.05, 3.63) is 24.3 Å². The van der Waals surface area contributed by atoms with E-state index in [2.05, 4.69) is 5.32 Å². The van der Waals surface area contributed by atoms with Gasteiger partial charge in [0.1, 0.15) is 17.6 Å². The summed E-state index contributed by atoms with van der Waals surface area (Å²) in [5.41, 5.74) is 5.44. The van der Waals surface area contributed by atoms with Crippen molar-refractivity contribution in [2.24, 2.45) is 5.73 Å². The predicted molar refractivity (Wildman–Crippen MR) is 77.0 cm³/mol. The van der Waals surface area contributed by atoms with Crippen molar-refractivity contribution in [2.45, 2.75) is 26.0 Å². The van der Waals surface area contributed by atoms with E-state index in [1.54, 1.807) is 20.1 Å². The van der Waals surface area contributed by atoms with E-state index in [1.165, 1.54) is 0 Å². The summed E-state index contributed by atoms with van der Waals surface area (Å²) in [6.45, 7) is 3.93. The van der Waals surface area contributed by atoms with Gasteiger partial charge in [-0.05, 0) is 26.0 Å². The number of halogens is 1. The molecule has 0 radical (unpaired) electrons. The fraction of sp³-hybridized carbons (Fsp3) is 0.462. The van der Waals surface area contributed by atoms with E-state index in [0.717, 1.165) is 5.75 Å². The zero-order valence-corrected chi connectivity index (χ0v) is 12.2. The summed E-state index contributed by atoms with van der Waals surface area (Å²) in [7, 11) is 1.60. The first-order valence-electron chi connectivity index (χ1n) is 5.87. The molecule has 2 atom stereocenters. The average molecular weight is 289 g/mol. The maximum absolute atomic E-state index is 11.3. The lowest BCUT2D eigenvalue weighted by Crippen LogP contribution is -2.42. The first-order chi connectivity index (χ1) is 8.52. The summed E-state index contributed by atoms with van der Waals surface area (Å²) in [6.07, 6.45) is -0.139. The number of methoxy groups -OCH3 is 1. The molecular weight excluding hydrogens is 268 g/mol. The van der Waals surface area contributed by atoms with Crippen LogP contribution in [-0.2, 0) is 4.79 Å². The second kappa shape index (κ2) is 8.61. The topological polar surface area (TPSA) is 73.6 Å². The Morgan fingerprint density at radius 3 is 2.58 bits per heavy atom. The van der Waals surface area contributed by atoms with Crippen molar-refractivity contribution in [1.29, 1.82) is 0 Å². The molecule has 0 bridgehead atoms. The molecule has 1 aromatic carbocycles. The van der Waals surface area contributed by atoms with Crippen LogP contribution in [0.4, 0.5) is 0 Å². The van der Waals surface area contributed by atoms with Crippen LogP contribution in [0.3, 0.4) is 0 Å². The number of hydrogen-bond acceptors (Lipinski definition) is 4. The first kappa shape index (κ1) is 17.5. The molecule has 108 valence electrons. The molecule has 0 spiro atoms. The van der Waals surface area contributed by atoms with Gasteiger partial charge in [-0.3, -0.25) is 4.79 Å². The number of nitrogens with one attached hydrogen (secondary N) is 1. The fourth-order valence-electron chi connectivity index (χ4n) is 1.35. The van der Waals surface area contributed by atoms with Gasteiger partial charge in [-0.25, -0.2) is 0 Å². The summed E-state index contributed by atoms with van der Waals surface area (Å²) in [5.74, 6) is 1.26. The third-order valence-corrected chi connectivity index (χ3v) is 2.36. The van der Waals surface area contributed by atoms with Gasteiger partial charge >= 0.3 is 0 Å². The Morgan fingerprint density at radius 1 is 1.37 bits per heavy atom. The number of ether oxygens (including phenoxy) is 2. The molecule has 0 aliphatic carbocycles. The number of hydrogen-bond donors (Lipinski definition) is 2. The SMILES string of the molecule is COc1cccc(OC(C)CNC(=O)[C@@H](C)N)c1.Cl. The van der Waals surface area contributed by atoms with Gasteiger partial charge in [0.2, 0.25) is 5.91 Å². The van der Waals surface area contributed by atoms with Crippen LogP contribution in [0.2, 0.25) is 0 Å². The normalized spacial score (nSPS) is 12.8. The van der Waals surface area contributed by atoms with Crippen LogP contribution in [-0.4, -0.2) is 31.7 Å². The van der Waals surface area contributed by atoms with E-state index in [1.807, 2.05) is 25.1 Å². The summed E-state index contributed by atoms with van der Waals surface area (Å²) in [4.78, 5) is 11.3. The predicted octanol–water partition coefficient (Wildman–Crippen LogP) is 1.35. The maximum atomic E-state index is 11.3. The molecule has 1 aromatic rings. The van der Waals surface area contributed by atoms with Crippen molar-refractivity contribution < 1.29 is 14.3 Å². The quantitative estimate of drug-likeness (QED) is 0.829. The molecule has 5 nitrogen and oxygen atoms in total. The van der Waals surface area contributed by atoms with Crippen molar-refractivity contribution in [3.8, 4) is 11.5 Å². The zero-order valence-electron chi connectivity index (χ0n) is 11.4. The molecule has 3 N–H and O–H groups in total. The first-order valence-corrected chi connectivity index (χ1v) is 5.87. The van der Waals surface area contributed by atoms with Gasteiger partial charge in [0.25, 0.3) is 0 Å². The lowest BCUT2D eigenvalue weighted by atomic mass is 10.3. The van der Waals surface area contributed by atoms with E-state index in [4.69, 9.17) is 15.2 Å². The molecule has 0 aliphatic rings. The Hall–Kier alpha value is -1.46. The third kappa shape index (κ3) is 6.31. The van der Waals surface area contributed by atoms with Crippen molar-refractivity contribution in [1.82, 2.24) is 5.32 Å². The van der Waals surface area contributed by atoms with Crippen LogP contribution in [0.5, 0.6) is 11.5 Å². The average Bonchev–Trinajstić information content (AvgIpc) is 2.36. The number of rotatable bonds is 6. The van der Waals surface area contributed by atoms with Crippen LogP contribution in [0.1, 0.15) is 13.8 Å². The lowest BCUT2D eigenvalue weighted by Gasteiger charge is -2.16. The Balaban J connectivity index is 0.00000324. The maximum Gasteiger partial charge on any atom is 0.236 e. The van der Waals surface area contributed by atoms with Crippen molar-refractivity contribution >= 4 is 18.3 Å². The third-order valence-electron chi connectivity index (χ3n) is 2.36. The smallest absolute Gasteiger partial charge is 0.236 e. The molecule has 6 heteroatoms. The molecular formula is C13H21ClN2O3. The summed E-state index contributed by atoms with van der Waals surface area (Å²) >= 11 is 0. The molecule has 1 unspecified atom stereocenters. The van der Waals surface area contributed by atoms with Crippen LogP contribution < -0.4 is 20.5 Å². The fourth-order valence-corrected chi connectivity index (χ4v) is 1.35. The highest BCUT2D eigenvalue weighted by Gasteiger charge is 2.10. The summed E-state index contributed by atoms with van der Waals surface area (Å²) in [6, 6.07) is 6.82. The van der Waals surface area contributed by atoms with Crippen molar-refractivity contribution in [3.63, 3.8) is 0 Å². The van der Waals surface area contributed by atoms with Crippen molar-refractivity contribution in [2.75, 3.05) is 13.7 Å². The van der Waals surface area contributed by atoms with Gasteiger partial charge < -0.3 is 20.5 Å². The van der Waals surface area contributed by atoms with Gasteiger partial charge in [0.15, 0.2) is 0 Å². The second-order valence-corrected chi connectivity index (χ2v) is 4.14. The van der Waals surface area contributed by atoms with Crippen LogP contribution in [0.25, 0.3) is 0 Å². The van der Waals surface area contributed by atoms with E-state index in [-0.39, 0.29) is 24.4 Å². The van der Waals surface area contributed by atoms with Crippen LogP contribution in [0.15, 0.2) is 24.3 Å². The number of amides is 1. The molecule has 0 heterocycles. The minimum absolute atomic E-state index is 0. The Bertz CT molecular complexity index is 399. The summed E-state index contributed by atoms with van der Waals surface area (Å²) in [5, 5.41) is 2.71. The molecule has 0 aliphatic heterocycles. The van der Waals surface area contributed by atoms with E-state index in [9.17, 15) is 4.79 Å². The molecule has 19 heavy (non-hydrogen) atoms. The van der Waals surface area contributed by atoms with Crippen LogP contribution in [0, 0.1) is 0 Å². The minimum Gasteiger partial charge on any atom is -0.497 e. The van der Waals surface area contributed by atoms with E-state index < -0.39 is 6.04 Å². The van der Waals surface area contributed by atoms with Gasteiger partial charge in [0.05, 0.1) is 19.7 Å². The molecule has 1 amide bonds. The zero-order chi connectivity index (χ0) is 13.5. The monoisotopic (exact) mass is 288 g/mol. The van der Waals surface area contributed by atoms with Gasteiger partial charge in [-0.2, -0.15) is 0 Å². The number of benzene rings is 1. The highest BCUT2D eigenvalue weighted by molar-refractivity contribution is 5.85. The van der Waals surface area contributed by atoms with Gasteiger partial charge in [-0.15, -0.1) is 12.4 Å². The molecule has 0 saturated carbocycles. The molecule has 0 saturated heterocycles. The Kier molecular flexibility index (Phi) is 7.95. The molecule has 0 aromatic heterocycles. The van der Waals surface area contributed by atoms with Gasteiger partial charge in [0, 0.05) is 6.07 Å². The number of carbonyl (C=O) groups excluding carboxylic acids is 1. The Morgan fingerprint density at radius 2 is 2.00 bits per heavy atom. The van der Waals surface area contributed by atoms with E-state index in [0.29, 0.717) is 12.3 Å². The Labute approximate surface area is 119 Å². The number of nitrogens with two attached hydrogens (primary N) is 1. The highest BCUT2D eigenvalue weighted by Crippen LogP contribution is 2.19.